The maximum absolute atomic E-state index is 11.8. The number of rotatable bonds is 1. The van der Waals surface area contributed by atoms with Crippen LogP contribution in [0.15, 0.2) is 0 Å². The van der Waals surface area contributed by atoms with Gasteiger partial charge in [0.05, 0.1) is 5.92 Å². The Labute approximate surface area is 102 Å². The molecule has 1 rings (SSSR count). The maximum atomic E-state index is 11.8. The van der Waals surface area contributed by atoms with Crippen LogP contribution in [-0.4, -0.2) is 40.8 Å². The summed E-state index contributed by atoms with van der Waals surface area (Å²) < 4.78 is 5.24. The van der Waals surface area contributed by atoms with Crippen LogP contribution in [0.4, 0.5) is 4.79 Å². The quantitative estimate of drug-likeness (QED) is 0.764. The molecule has 0 bridgehead atoms. The van der Waals surface area contributed by atoms with Gasteiger partial charge in [-0.05, 0) is 26.2 Å². The van der Waals surface area contributed by atoms with Gasteiger partial charge in [-0.3, -0.25) is 4.79 Å². The van der Waals surface area contributed by atoms with Gasteiger partial charge in [0.1, 0.15) is 5.60 Å². The van der Waals surface area contributed by atoms with Gasteiger partial charge in [0.2, 0.25) is 0 Å². The molecule has 5 heteroatoms. The lowest BCUT2D eigenvalue weighted by Gasteiger charge is -2.25. The minimum Gasteiger partial charge on any atom is -0.481 e. The first kappa shape index (κ1) is 13.8. The molecule has 1 saturated heterocycles. The molecule has 5 nitrogen and oxygen atoms in total. The van der Waals surface area contributed by atoms with E-state index in [4.69, 9.17) is 9.84 Å². The number of likely N-dealkylation sites (tertiary alicyclic amines) is 1. The molecule has 1 aliphatic rings. The first-order valence-corrected chi connectivity index (χ1v) is 5.74. The maximum Gasteiger partial charge on any atom is 0.410 e. The van der Waals surface area contributed by atoms with Crippen molar-refractivity contribution in [3.63, 3.8) is 0 Å². The molecule has 1 amide bonds. The van der Waals surface area contributed by atoms with Crippen LogP contribution in [-0.2, 0) is 9.53 Å². The number of hydrogen-bond acceptors (Lipinski definition) is 3. The van der Waals surface area contributed by atoms with E-state index in [1.54, 1.807) is 20.8 Å². The Balaban J connectivity index is 2.72. The summed E-state index contributed by atoms with van der Waals surface area (Å²) in [6, 6.07) is 0. The summed E-state index contributed by atoms with van der Waals surface area (Å²) in [5, 5.41) is 9.10. The van der Waals surface area contributed by atoms with Gasteiger partial charge in [0, 0.05) is 13.1 Å². The number of nitrogens with zero attached hydrogens (tertiary/aromatic N) is 1. The molecular weight excluding hydrogens is 222 g/mol. The minimum absolute atomic E-state index is 0.219. The Hall–Kier alpha value is -1.26. The molecule has 0 aromatic heterocycles. The minimum atomic E-state index is -0.860. The van der Waals surface area contributed by atoms with Crippen molar-refractivity contribution in [3.05, 3.63) is 0 Å². The molecule has 0 saturated carbocycles. The Kier molecular flexibility index (Phi) is 3.41. The topological polar surface area (TPSA) is 66.8 Å². The molecule has 1 aliphatic heterocycles. The largest absolute Gasteiger partial charge is 0.481 e. The summed E-state index contributed by atoms with van der Waals surface area (Å²) in [6.07, 6.45) is -0.436. The number of aliphatic carboxylic acids is 1. The number of ether oxygens (including phenoxy) is 1. The predicted molar refractivity (Wildman–Crippen MR) is 62.7 cm³/mol. The van der Waals surface area contributed by atoms with Gasteiger partial charge < -0.3 is 14.7 Å². The van der Waals surface area contributed by atoms with Crippen molar-refractivity contribution in [2.45, 2.75) is 40.2 Å². The molecule has 1 N–H and O–H groups in total. The predicted octanol–water partition coefficient (Wildman–Crippen LogP) is 1.96. The van der Waals surface area contributed by atoms with Crippen LogP contribution in [0, 0.1) is 11.3 Å². The fourth-order valence-corrected chi connectivity index (χ4v) is 2.01. The number of carboxylic acid groups (broad SMARTS) is 1. The van der Waals surface area contributed by atoms with Crippen molar-refractivity contribution < 1.29 is 19.4 Å². The van der Waals surface area contributed by atoms with E-state index in [0.29, 0.717) is 6.54 Å². The molecular formula is C12H21NO4. The average molecular weight is 243 g/mol. The third-order valence-electron chi connectivity index (χ3n) is 2.89. The van der Waals surface area contributed by atoms with Crippen LogP contribution in [0.25, 0.3) is 0 Å². The van der Waals surface area contributed by atoms with Gasteiger partial charge in [-0.25, -0.2) is 4.79 Å². The third kappa shape index (κ3) is 3.35. The smallest absolute Gasteiger partial charge is 0.410 e. The zero-order chi connectivity index (χ0) is 13.4. The van der Waals surface area contributed by atoms with Gasteiger partial charge in [0.25, 0.3) is 0 Å². The second-order valence-corrected chi connectivity index (χ2v) is 6.24. The number of carbonyl (C=O) groups is 2. The highest BCUT2D eigenvalue weighted by molar-refractivity contribution is 5.75. The highest BCUT2D eigenvalue weighted by atomic mass is 16.6. The summed E-state index contributed by atoms with van der Waals surface area (Å²) in [4.78, 5) is 24.4. The van der Waals surface area contributed by atoms with E-state index in [1.165, 1.54) is 4.90 Å². The molecule has 1 fully saturated rings. The van der Waals surface area contributed by atoms with E-state index in [-0.39, 0.29) is 6.54 Å². The van der Waals surface area contributed by atoms with Gasteiger partial charge in [0.15, 0.2) is 0 Å². The van der Waals surface area contributed by atoms with Crippen LogP contribution < -0.4 is 0 Å². The van der Waals surface area contributed by atoms with Crippen molar-refractivity contribution in [2.75, 3.05) is 13.1 Å². The molecule has 0 aliphatic carbocycles. The fourth-order valence-electron chi connectivity index (χ4n) is 2.01. The monoisotopic (exact) mass is 243 g/mol. The summed E-state index contributed by atoms with van der Waals surface area (Å²) in [5.74, 6) is -1.39. The van der Waals surface area contributed by atoms with Gasteiger partial charge >= 0.3 is 12.1 Å². The van der Waals surface area contributed by atoms with E-state index < -0.39 is 29.0 Å². The molecule has 0 unspecified atom stereocenters. The number of carboxylic acids is 1. The van der Waals surface area contributed by atoms with Crippen molar-refractivity contribution in [2.24, 2.45) is 11.3 Å². The van der Waals surface area contributed by atoms with Crippen molar-refractivity contribution >= 4 is 12.1 Å². The molecule has 1 heterocycles. The lowest BCUT2D eigenvalue weighted by Crippen LogP contribution is -2.36. The second-order valence-electron chi connectivity index (χ2n) is 6.24. The van der Waals surface area contributed by atoms with Crippen LogP contribution in [0.3, 0.4) is 0 Å². The lowest BCUT2D eigenvalue weighted by molar-refractivity contribution is -0.143. The van der Waals surface area contributed by atoms with E-state index in [9.17, 15) is 9.59 Å². The number of carbonyl (C=O) groups excluding carboxylic acids is 1. The molecule has 1 atom stereocenters. The van der Waals surface area contributed by atoms with Crippen LogP contribution in [0.1, 0.15) is 34.6 Å². The van der Waals surface area contributed by atoms with Gasteiger partial charge in [-0.15, -0.1) is 0 Å². The van der Waals surface area contributed by atoms with Crippen LogP contribution in [0.5, 0.6) is 0 Å². The highest BCUT2D eigenvalue weighted by Crippen LogP contribution is 2.35. The molecule has 0 aromatic rings. The molecule has 98 valence electrons. The van der Waals surface area contributed by atoms with Crippen molar-refractivity contribution in [1.29, 1.82) is 0 Å². The normalized spacial score (nSPS) is 23.6. The third-order valence-corrected chi connectivity index (χ3v) is 2.89. The number of hydrogen-bond donors (Lipinski definition) is 1. The van der Waals surface area contributed by atoms with Gasteiger partial charge in [-0.2, -0.15) is 0 Å². The highest BCUT2D eigenvalue weighted by Gasteiger charge is 2.46. The van der Waals surface area contributed by atoms with Gasteiger partial charge in [-0.1, -0.05) is 13.8 Å². The first-order valence-electron chi connectivity index (χ1n) is 5.74. The zero-order valence-corrected chi connectivity index (χ0v) is 11.1. The first-order chi connectivity index (χ1) is 7.53. The number of amides is 1. The van der Waals surface area contributed by atoms with E-state index >= 15 is 0 Å². The Morgan fingerprint density at radius 2 is 1.88 bits per heavy atom. The second kappa shape index (κ2) is 4.20. The van der Waals surface area contributed by atoms with E-state index in [0.717, 1.165) is 0 Å². The lowest BCUT2D eigenvalue weighted by atomic mass is 9.82. The molecule has 0 spiro atoms. The van der Waals surface area contributed by atoms with Crippen LogP contribution in [0.2, 0.25) is 0 Å². The summed E-state index contributed by atoms with van der Waals surface area (Å²) in [7, 11) is 0. The molecule has 0 aromatic carbocycles. The average Bonchev–Trinajstić information content (AvgIpc) is 2.38. The van der Waals surface area contributed by atoms with Crippen molar-refractivity contribution in [1.82, 2.24) is 4.90 Å². The zero-order valence-electron chi connectivity index (χ0n) is 11.1. The fraction of sp³-hybridized carbons (Fsp3) is 0.833. The van der Waals surface area contributed by atoms with E-state index in [1.807, 2.05) is 13.8 Å². The summed E-state index contributed by atoms with van der Waals surface area (Å²) >= 11 is 0. The Morgan fingerprint density at radius 3 is 2.24 bits per heavy atom. The van der Waals surface area contributed by atoms with Crippen LogP contribution >= 0.6 is 0 Å². The molecule has 0 radical (unpaired) electrons. The van der Waals surface area contributed by atoms with Crippen molar-refractivity contribution in [3.8, 4) is 0 Å². The molecule has 17 heavy (non-hydrogen) atoms. The summed E-state index contributed by atoms with van der Waals surface area (Å²) in [6.45, 7) is 9.73. The standard InChI is InChI=1S/C12H21NO4/c1-11(2,3)17-10(16)13-6-8(9(14)15)12(4,5)7-13/h8H,6-7H2,1-5H3,(H,14,15)/t8-/m0/s1. The Morgan fingerprint density at radius 1 is 1.35 bits per heavy atom. The van der Waals surface area contributed by atoms with E-state index in [2.05, 4.69) is 0 Å². The SMILES string of the molecule is CC(C)(C)OC(=O)N1C[C@@H](C(=O)O)C(C)(C)C1. The Bertz CT molecular complexity index is 330. The summed E-state index contributed by atoms with van der Waals surface area (Å²) in [5.41, 5.74) is -0.967.